The largest absolute Gasteiger partial charge is 0.396 e. The zero-order chi connectivity index (χ0) is 12.3. The molecule has 0 bridgehead atoms. The Morgan fingerprint density at radius 2 is 2.12 bits per heavy atom. The van der Waals surface area contributed by atoms with E-state index in [1.807, 2.05) is 0 Å². The number of pyridine rings is 2. The molecule has 6 heteroatoms. The molecule has 0 saturated carbocycles. The van der Waals surface area contributed by atoms with Gasteiger partial charge in [0.2, 0.25) is 0 Å². The number of hydrogen-bond acceptors (Lipinski definition) is 4. The summed E-state index contributed by atoms with van der Waals surface area (Å²) in [5.74, 6) is -0.00915. The molecular formula is C11H9BrN4O. The number of halogens is 1. The number of anilines is 2. The molecule has 2 heterocycles. The van der Waals surface area contributed by atoms with E-state index < -0.39 is 0 Å². The summed E-state index contributed by atoms with van der Waals surface area (Å²) in [7, 11) is 0. The third kappa shape index (κ3) is 2.79. The van der Waals surface area contributed by atoms with Crippen LogP contribution in [0.5, 0.6) is 0 Å². The highest BCUT2D eigenvalue weighted by Crippen LogP contribution is 2.14. The first-order chi connectivity index (χ1) is 8.16. The summed E-state index contributed by atoms with van der Waals surface area (Å²) in [6.07, 6.45) is 3.11. The number of nitrogen functional groups attached to an aromatic ring is 1. The zero-order valence-electron chi connectivity index (χ0n) is 8.72. The van der Waals surface area contributed by atoms with Crippen molar-refractivity contribution in [2.75, 3.05) is 11.1 Å². The summed E-state index contributed by atoms with van der Waals surface area (Å²) in [5, 5.41) is 2.59. The zero-order valence-corrected chi connectivity index (χ0v) is 10.3. The summed E-state index contributed by atoms with van der Waals surface area (Å²) < 4.78 is 0.811. The second kappa shape index (κ2) is 4.92. The summed E-state index contributed by atoms with van der Waals surface area (Å²) in [6, 6.07) is 6.71. The number of amides is 1. The van der Waals surface area contributed by atoms with Crippen molar-refractivity contribution in [3.05, 3.63) is 46.8 Å². The SMILES string of the molecule is Nc1cccnc1NC(=O)c1ccc(Br)cn1. The fourth-order valence-corrected chi connectivity index (χ4v) is 1.44. The van der Waals surface area contributed by atoms with Gasteiger partial charge < -0.3 is 11.1 Å². The van der Waals surface area contributed by atoms with Gasteiger partial charge in [0, 0.05) is 16.9 Å². The minimum atomic E-state index is -0.345. The maximum absolute atomic E-state index is 11.8. The van der Waals surface area contributed by atoms with Crippen LogP contribution in [-0.4, -0.2) is 15.9 Å². The summed E-state index contributed by atoms with van der Waals surface area (Å²) in [4.78, 5) is 19.7. The topological polar surface area (TPSA) is 80.9 Å². The molecule has 2 aromatic rings. The number of carbonyl (C=O) groups is 1. The number of rotatable bonds is 2. The van der Waals surface area contributed by atoms with E-state index in [2.05, 4.69) is 31.2 Å². The maximum atomic E-state index is 11.8. The van der Waals surface area contributed by atoms with Gasteiger partial charge in [0.1, 0.15) is 5.69 Å². The van der Waals surface area contributed by atoms with E-state index in [0.29, 0.717) is 17.2 Å². The van der Waals surface area contributed by atoms with Crippen LogP contribution < -0.4 is 11.1 Å². The number of aromatic nitrogens is 2. The minimum absolute atomic E-state index is 0.304. The van der Waals surface area contributed by atoms with Crippen molar-refractivity contribution < 1.29 is 4.79 Å². The first kappa shape index (κ1) is 11.5. The Hall–Kier alpha value is -1.95. The Bertz CT molecular complexity index is 541. The lowest BCUT2D eigenvalue weighted by Crippen LogP contribution is -2.15. The molecule has 2 rings (SSSR count). The lowest BCUT2D eigenvalue weighted by molar-refractivity contribution is 0.102. The normalized spacial score (nSPS) is 9.94. The molecule has 1 amide bonds. The number of hydrogen-bond donors (Lipinski definition) is 2. The highest BCUT2D eigenvalue weighted by molar-refractivity contribution is 9.10. The lowest BCUT2D eigenvalue weighted by Gasteiger charge is -2.05. The molecule has 0 saturated heterocycles. The molecule has 0 spiro atoms. The third-order valence-electron chi connectivity index (χ3n) is 2.03. The first-order valence-corrected chi connectivity index (χ1v) is 5.59. The van der Waals surface area contributed by atoms with Gasteiger partial charge in [0.05, 0.1) is 5.69 Å². The highest BCUT2D eigenvalue weighted by Gasteiger charge is 2.09. The predicted octanol–water partition coefficient (Wildman–Crippen LogP) is 2.07. The van der Waals surface area contributed by atoms with Crippen LogP contribution in [0.15, 0.2) is 41.1 Å². The van der Waals surface area contributed by atoms with Gasteiger partial charge in [-0.25, -0.2) is 9.97 Å². The molecular weight excluding hydrogens is 284 g/mol. The van der Waals surface area contributed by atoms with Crippen molar-refractivity contribution in [2.45, 2.75) is 0 Å². The fourth-order valence-electron chi connectivity index (χ4n) is 1.20. The van der Waals surface area contributed by atoms with Gasteiger partial charge >= 0.3 is 0 Å². The van der Waals surface area contributed by atoms with Gasteiger partial charge in [0.25, 0.3) is 5.91 Å². The summed E-state index contributed by atoms with van der Waals surface area (Å²) in [5.41, 5.74) is 6.38. The Morgan fingerprint density at radius 1 is 1.29 bits per heavy atom. The average molecular weight is 293 g/mol. The molecule has 5 nitrogen and oxygen atoms in total. The number of nitrogens with zero attached hydrogens (tertiary/aromatic N) is 2. The minimum Gasteiger partial charge on any atom is -0.396 e. The fraction of sp³-hybridized carbons (Fsp3) is 0. The molecule has 2 aromatic heterocycles. The van der Waals surface area contributed by atoms with Crippen molar-refractivity contribution in [2.24, 2.45) is 0 Å². The van der Waals surface area contributed by atoms with Gasteiger partial charge in [0.15, 0.2) is 5.82 Å². The Morgan fingerprint density at radius 3 is 2.76 bits per heavy atom. The molecule has 0 radical (unpaired) electrons. The standard InChI is InChI=1S/C11H9BrN4O/c12-7-3-4-9(15-6-7)11(17)16-10-8(13)2-1-5-14-10/h1-6H,13H2,(H,14,16,17). The van der Waals surface area contributed by atoms with Gasteiger partial charge in [-0.3, -0.25) is 4.79 Å². The van der Waals surface area contributed by atoms with Crippen LogP contribution in [0.25, 0.3) is 0 Å². The first-order valence-electron chi connectivity index (χ1n) is 4.80. The third-order valence-corrected chi connectivity index (χ3v) is 2.50. The predicted molar refractivity (Wildman–Crippen MR) is 68.5 cm³/mol. The van der Waals surface area contributed by atoms with E-state index in [-0.39, 0.29) is 5.91 Å². The quantitative estimate of drug-likeness (QED) is 0.888. The van der Waals surface area contributed by atoms with Crippen LogP contribution in [0.2, 0.25) is 0 Å². The van der Waals surface area contributed by atoms with Gasteiger partial charge in [-0.05, 0) is 40.2 Å². The second-order valence-electron chi connectivity index (χ2n) is 3.26. The van der Waals surface area contributed by atoms with E-state index in [1.165, 1.54) is 0 Å². The van der Waals surface area contributed by atoms with Gasteiger partial charge in [-0.1, -0.05) is 0 Å². The highest BCUT2D eigenvalue weighted by atomic mass is 79.9. The van der Waals surface area contributed by atoms with Crippen LogP contribution >= 0.6 is 15.9 Å². The van der Waals surface area contributed by atoms with Crippen molar-refractivity contribution in [1.82, 2.24) is 9.97 Å². The molecule has 3 N–H and O–H groups in total. The molecule has 17 heavy (non-hydrogen) atoms. The Balaban J connectivity index is 2.17. The van der Waals surface area contributed by atoms with Crippen LogP contribution in [0.3, 0.4) is 0 Å². The van der Waals surface area contributed by atoms with Crippen LogP contribution in [0.1, 0.15) is 10.5 Å². The molecule has 86 valence electrons. The van der Waals surface area contributed by atoms with Crippen molar-refractivity contribution in [3.8, 4) is 0 Å². The van der Waals surface area contributed by atoms with Crippen molar-refractivity contribution in [1.29, 1.82) is 0 Å². The lowest BCUT2D eigenvalue weighted by atomic mass is 10.3. The smallest absolute Gasteiger partial charge is 0.275 e. The average Bonchev–Trinajstić information content (AvgIpc) is 2.33. The van der Waals surface area contributed by atoms with Crippen molar-refractivity contribution in [3.63, 3.8) is 0 Å². The molecule has 0 unspecified atom stereocenters. The van der Waals surface area contributed by atoms with Crippen LogP contribution in [0.4, 0.5) is 11.5 Å². The summed E-state index contributed by atoms with van der Waals surface area (Å²) >= 11 is 3.25. The van der Waals surface area contributed by atoms with E-state index in [9.17, 15) is 4.79 Å². The monoisotopic (exact) mass is 292 g/mol. The number of nitrogens with one attached hydrogen (secondary N) is 1. The van der Waals surface area contributed by atoms with E-state index >= 15 is 0 Å². The Kier molecular flexibility index (Phi) is 3.34. The number of carbonyl (C=O) groups excluding carboxylic acids is 1. The second-order valence-corrected chi connectivity index (χ2v) is 4.17. The van der Waals surface area contributed by atoms with E-state index in [1.54, 1.807) is 36.7 Å². The van der Waals surface area contributed by atoms with Gasteiger partial charge in [-0.2, -0.15) is 0 Å². The molecule has 0 fully saturated rings. The molecule has 0 atom stereocenters. The van der Waals surface area contributed by atoms with Gasteiger partial charge in [-0.15, -0.1) is 0 Å². The molecule has 0 aliphatic heterocycles. The number of nitrogens with two attached hydrogens (primary N) is 1. The maximum Gasteiger partial charge on any atom is 0.275 e. The van der Waals surface area contributed by atoms with E-state index in [4.69, 9.17) is 5.73 Å². The Labute approximate surface area is 106 Å². The summed E-state index contributed by atoms with van der Waals surface area (Å²) in [6.45, 7) is 0. The van der Waals surface area contributed by atoms with Crippen molar-refractivity contribution >= 4 is 33.3 Å². The van der Waals surface area contributed by atoms with Crippen LogP contribution in [-0.2, 0) is 0 Å². The molecule has 0 aliphatic rings. The molecule has 0 aromatic carbocycles. The van der Waals surface area contributed by atoms with E-state index in [0.717, 1.165) is 4.47 Å². The van der Waals surface area contributed by atoms with Crippen LogP contribution in [0, 0.1) is 0 Å². The molecule has 0 aliphatic carbocycles.